The van der Waals surface area contributed by atoms with Gasteiger partial charge in [0.15, 0.2) is 0 Å². The third kappa shape index (κ3) is 8.27. The number of esters is 2. The van der Waals surface area contributed by atoms with Crippen molar-refractivity contribution < 1.29 is 28.5 Å². The summed E-state index contributed by atoms with van der Waals surface area (Å²) in [5, 5.41) is 4.55. The number of ether oxygens (including phenoxy) is 4. The zero-order chi connectivity index (χ0) is 39.8. The van der Waals surface area contributed by atoms with Gasteiger partial charge in [0.2, 0.25) is 0 Å². The average Bonchev–Trinajstić information content (AvgIpc) is 3.28. The van der Waals surface area contributed by atoms with Crippen LogP contribution in [-0.2, 0) is 0 Å². The summed E-state index contributed by atoms with van der Waals surface area (Å²) in [4.78, 5) is 25.6. The number of methoxy groups -OCH3 is 2. The molecule has 8 aromatic rings. The minimum absolute atomic E-state index is 0.413. The Balaban J connectivity index is 1.10. The van der Waals surface area contributed by atoms with Crippen molar-refractivity contribution in [1.82, 2.24) is 0 Å². The molecule has 0 aliphatic heterocycles. The first-order valence-corrected chi connectivity index (χ1v) is 18.8. The SMILES string of the molecule is COc1cccc(C(=O)Oc2ccc(/C=C\c3ccc4ccccc4c3-c3c(/C=C\c4ccc(OC(=O)c5cccc(OC)c5)cc4)ccc4ccccc34)cc2)c1. The number of carbonyl (C=O) groups excluding carboxylic acids is 2. The Morgan fingerprint density at radius 2 is 0.810 bits per heavy atom. The third-order valence-electron chi connectivity index (χ3n) is 9.88. The van der Waals surface area contributed by atoms with E-state index in [1.54, 1.807) is 87.0 Å². The molecule has 0 aliphatic carbocycles. The summed E-state index contributed by atoms with van der Waals surface area (Å²) < 4.78 is 21.8. The van der Waals surface area contributed by atoms with Crippen LogP contribution in [-0.4, -0.2) is 26.2 Å². The summed E-state index contributed by atoms with van der Waals surface area (Å²) in [5.41, 5.74) is 7.09. The van der Waals surface area contributed by atoms with E-state index in [2.05, 4.69) is 97.1 Å². The summed E-state index contributed by atoms with van der Waals surface area (Å²) in [6.45, 7) is 0. The summed E-state index contributed by atoms with van der Waals surface area (Å²) in [7, 11) is 3.12. The lowest BCUT2D eigenvalue weighted by Crippen LogP contribution is -2.08. The molecule has 0 N–H and O–H groups in total. The molecular formula is C52H38O6. The molecule has 0 heterocycles. The van der Waals surface area contributed by atoms with Gasteiger partial charge in [-0.2, -0.15) is 0 Å². The largest absolute Gasteiger partial charge is 0.497 e. The maximum atomic E-state index is 12.8. The van der Waals surface area contributed by atoms with Gasteiger partial charge in [0.05, 0.1) is 25.3 Å². The number of benzene rings is 8. The lowest BCUT2D eigenvalue weighted by atomic mass is 9.86. The quantitative estimate of drug-likeness (QED) is 0.0743. The van der Waals surface area contributed by atoms with E-state index in [0.29, 0.717) is 34.1 Å². The van der Waals surface area contributed by atoms with E-state index >= 15 is 0 Å². The van der Waals surface area contributed by atoms with Crippen LogP contribution >= 0.6 is 0 Å². The number of hydrogen-bond donors (Lipinski definition) is 0. The van der Waals surface area contributed by atoms with Crippen molar-refractivity contribution in [2.24, 2.45) is 0 Å². The van der Waals surface area contributed by atoms with Gasteiger partial charge in [-0.25, -0.2) is 9.59 Å². The Bertz CT molecular complexity index is 2640. The van der Waals surface area contributed by atoms with Crippen LogP contribution in [0.2, 0.25) is 0 Å². The van der Waals surface area contributed by atoms with Gasteiger partial charge in [-0.15, -0.1) is 0 Å². The van der Waals surface area contributed by atoms with E-state index in [0.717, 1.165) is 54.9 Å². The van der Waals surface area contributed by atoms with E-state index in [1.165, 1.54) is 0 Å². The Morgan fingerprint density at radius 3 is 1.22 bits per heavy atom. The van der Waals surface area contributed by atoms with Gasteiger partial charge in [-0.05, 0) is 116 Å². The first-order valence-electron chi connectivity index (χ1n) is 18.8. The lowest BCUT2D eigenvalue weighted by Gasteiger charge is -2.17. The van der Waals surface area contributed by atoms with Gasteiger partial charge in [-0.3, -0.25) is 0 Å². The molecule has 0 aromatic heterocycles. The Kier molecular flexibility index (Phi) is 10.9. The van der Waals surface area contributed by atoms with Crippen molar-refractivity contribution in [2.75, 3.05) is 14.2 Å². The molecule has 8 rings (SSSR count). The van der Waals surface area contributed by atoms with E-state index in [1.807, 2.05) is 24.3 Å². The molecule has 0 radical (unpaired) electrons. The Morgan fingerprint density at radius 1 is 0.397 bits per heavy atom. The van der Waals surface area contributed by atoms with Gasteiger partial charge < -0.3 is 18.9 Å². The maximum absolute atomic E-state index is 12.8. The first-order chi connectivity index (χ1) is 28.4. The highest BCUT2D eigenvalue weighted by Crippen LogP contribution is 2.40. The molecule has 0 atom stereocenters. The highest BCUT2D eigenvalue weighted by atomic mass is 16.5. The van der Waals surface area contributed by atoms with Crippen LogP contribution in [0.25, 0.3) is 57.0 Å². The van der Waals surface area contributed by atoms with Gasteiger partial charge in [0.25, 0.3) is 0 Å². The van der Waals surface area contributed by atoms with E-state index in [-0.39, 0.29) is 0 Å². The molecule has 0 unspecified atom stereocenters. The molecule has 58 heavy (non-hydrogen) atoms. The van der Waals surface area contributed by atoms with Crippen LogP contribution in [0.15, 0.2) is 170 Å². The molecule has 282 valence electrons. The molecule has 0 aliphatic rings. The molecule has 8 aromatic carbocycles. The summed E-state index contributed by atoms with van der Waals surface area (Å²) >= 11 is 0. The topological polar surface area (TPSA) is 71.1 Å². The van der Waals surface area contributed by atoms with Crippen molar-refractivity contribution in [1.29, 1.82) is 0 Å². The molecule has 0 bridgehead atoms. The van der Waals surface area contributed by atoms with Crippen molar-refractivity contribution >= 4 is 57.8 Å². The van der Waals surface area contributed by atoms with Crippen molar-refractivity contribution in [3.63, 3.8) is 0 Å². The molecule has 0 amide bonds. The van der Waals surface area contributed by atoms with E-state index < -0.39 is 11.9 Å². The second kappa shape index (κ2) is 17.0. The number of hydrogen-bond acceptors (Lipinski definition) is 6. The average molecular weight is 759 g/mol. The second-order valence-corrected chi connectivity index (χ2v) is 13.5. The fraction of sp³-hybridized carbons (Fsp3) is 0.0385. The summed E-state index contributed by atoms with van der Waals surface area (Å²) in [6, 6.07) is 54.2. The molecule has 6 heteroatoms. The van der Waals surface area contributed by atoms with Crippen LogP contribution < -0.4 is 18.9 Å². The predicted molar refractivity (Wildman–Crippen MR) is 234 cm³/mol. The van der Waals surface area contributed by atoms with Crippen LogP contribution in [0.3, 0.4) is 0 Å². The zero-order valence-corrected chi connectivity index (χ0v) is 31.9. The van der Waals surface area contributed by atoms with Crippen molar-refractivity contribution in [2.45, 2.75) is 0 Å². The van der Waals surface area contributed by atoms with Crippen molar-refractivity contribution in [3.8, 4) is 34.1 Å². The van der Waals surface area contributed by atoms with Gasteiger partial charge in [0.1, 0.15) is 23.0 Å². The number of fused-ring (bicyclic) bond motifs is 2. The standard InChI is InChI=1S/C52H38O6/c1-55-45-13-7-11-41(33-45)51(53)57-43-29-19-35(20-30-43)17-23-39-27-25-37-9-3-5-15-47(37)49(39)50-40(28-26-38-10-4-6-16-48(38)50)24-18-36-21-31-44(32-22-36)58-52(54)42-12-8-14-46(34-42)56-2/h3-34H,1-2H3/b23-17-,24-18-. The molecule has 0 saturated heterocycles. The monoisotopic (exact) mass is 758 g/mol. The predicted octanol–water partition coefficient (Wildman–Crippen LogP) is 12.5. The maximum Gasteiger partial charge on any atom is 0.343 e. The summed E-state index contributed by atoms with van der Waals surface area (Å²) in [5.74, 6) is 1.18. The zero-order valence-electron chi connectivity index (χ0n) is 31.9. The fourth-order valence-electron chi connectivity index (χ4n) is 6.91. The van der Waals surface area contributed by atoms with Crippen molar-refractivity contribution in [3.05, 3.63) is 203 Å². The van der Waals surface area contributed by atoms with Crippen LogP contribution in [0.5, 0.6) is 23.0 Å². The normalized spacial score (nSPS) is 11.3. The van der Waals surface area contributed by atoms with Gasteiger partial charge >= 0.3 is 11.9 Å². The first kappa shape index (κ1) is 37.2. The lowest BCUT2D eigenvalue weighted by molar-refractivity contribution is 0.0725. The third-order valence-corrected chi connectivity index (χ3v) is 9.88. The minimum Gasteiger partial charge on any atom is -0.497 e. The van der Waals surface area contributed by atoms with Crippen LogP contribution in [0.4, 0.5) is 0 Å². The van der Waals surface area contributed by atoms with E-state index in [4.69, 9.17) is 18.9 Å². The molecule has 0 fully saturated rings. The Labute approximate surface area is 336 Å². The molecular weight excluding hydrogens is 721 g/mol. The summed E-state index contributed by atoms with van der Waals surface area (Å²) in [6.07, 6.45) is 8.43. The van der Waals surface area contributed by atoms with Gasteiger partial charge in [-0.1, -0.05) is 133 Å². The van der Waals surface area contributed by atoms with Gasteiger partial charge in [0, 0.05) is 0 Å². The fourth-order valence-corrected chi connectivity index (χ4v) is 6.91. The molecule has 6 nitrogen and oxygen atoms in total. The minimum atomic E-state index is -0.453. The smallest absolute Gasteiger partial charge is 0.343 e. The van der Waals surface area contributed by atoms with Crippen LogP contribution in [0, 0.1) is 0 Å². The highest BCUT2D eigenvalue weighted by Gasteiger charge is 2.16. The molecule has 0 spiro atoms. The number of carbonyl (C=O) groups is 2. The highest BCUT2D eigenvalue weighted by molar-refractivity contribution is 6.11. The van der Waals surface area contributed by atoms with E-state index in [9.17, 15) is 9.59 Å². The molecule has 0 saturated carbocycles. The van der Waals surface area contributed by atoms with Crippen LogP contribution in [0.1, 0.15) is 43.0 Å². The second-order valence-electron chi connectivity index (χ2n) is 13.5. The Hall–Kier alpha value is -7.70. The number of rotatable bonds is 11.